The molecule has 0 aliphatic rings. The van der Waals surface area contributed by atoms with E-state index in [1.807, 2.05) is 60.7 Å². The van der Waals surface area contributed by atoms with Gasteiger partial charge in [-0.3, -0.25) is 4.79 Å². The third-order valence-corrected chi connectivity index (χ3v) is 3.88. The van der Waals surface area contributed by atoms with Crippen LogP contribution in [0.15, 0.2) is 60.7 Å². The van der Waals surface area contributed by atoms with Crippen LogP contribution in [0.2, 0.25) is 0 Å². The van der Waals surface area contributed by atoms with E-state index < -0.39 is 0 Å². The Morgan fingerprint density at radius 2 is 1.52 bits per heavy atom. The molecule has 0 aliphatic carbocycles. The van der Waals surface area contributed by atoms with Crippen molar-refractivity contribution in [2.24, 2.45) is 0 Å². The van der Waals surface area contributed by atoms with Gasteiger partial charge in [-0.1, -0.05) is 72.0 Å². The first kappa shape index (κ1) is 13.5. The zero-order valence-electron chi connectivity index (χ0n) is 11.4. The molecule has 0 amide bonds. The van der Waals surface area contributed by atoms with Crippen molar-refractivity contribution in [2.45, 2.75) is 6.92 Å². The number of benzene rings is 2. The minimum atomic E-state index is -0.338. The quantitative estimate of drug-likeness (QED) is 0.672. The second kappa shape index (κ2) is 5.89. The fourth-order valence-electron chi connectivity index (χ4n) is 1.99. The van der Waals surface area contributed by atoms with Crippen LogP contribution in [0.1, 0.15) is 6.92 Å². The SMILES string of the molecule is CC(=O)Oc1sc(-c2ccccc2)nc1-c1ccccc1. The Bertz CT molecular complexity index is 751. The molecule has 0 saturated heterocycles. The van der Waals surface area contributed by atoms with Crippen LogP contribution in [-0.2, 0) is 4.79 Å². The number of ether oxygens (including phenoxy) is 1. The van der Waals surface area contributed by atoms with Gasteiger partial charge in [0.25, 0.3) is 0 Å². The fraction of sp³-hybridized carbons (Fsp3) is 0.0588. The van der Waals surface area contributed by atoms with Crippen molar-refractivity contribution < 1.29 is 9.53 Å². The molecule has 104 valence electrons. The second-order valence-corrected chi connectivity index (χ2v) is 5.44. The summed E-state index contributed by atoms with van der Waals surface area (Å²) in [6.07, 6.45) is 0. The average molecular weight is 295 g/mol. The van der Waals surface area contributed by atoms with Crippen molar-refractivity contribution in [3.63, 3.8) is 0 Å². The normalized spacial score (nSPS) is 10.3. The molecule has 1 aromatic heterocycles. The summed E-state index contributed by atoms with van der Waals surface area (Å²) < 4.78 is 5.32. The van der Waals surface area contributed by atoms with Crippen LogP contribution in [0, 0.1) is 0 Å². The molecule has 0 saturated carbocycles. The highest BCUT2D eigenvalue weighted by molar-refractivity contribution is 7.17. The maximum Gasteiger partial charge on any atom is 0.308 e. The third kappa shape index (κ3) is 3.01. The Kier molecular flexibility index (Phi) is 3.79. The van der Waals surface area contributed by atoms with E-state index in [0.717, 1.165) is 16.1 Å². The largest absolute Gasteiger partial charge is 0.413 e. The first-order valence-electron chi connectivity index (χ1n) is 6.54. The Hall–Kier alpha value is -2.46. The van der Waals surface area contributed by atoms with Gasteiger partial charge in [-0.15, -0.1) is 0 Å². The van der Waals surface area contributed by atoms with Crippen LogP contribution in [0.5, 0.6) is 5.06 Å². The predicted molar refractivity (Wildman–Crippen MR) is 84.3 cm³/mol. The lowest BCUT2D eigenvalue weighted by atomic mass is 10.2. The van der Waals surface area contributed by atoms with E-state index in [-0.39, 0.29) is 5.97 Å². The minimum Gasteiger partial charge on any atom is -0.413 e. The predicted octanol–water partition coefficient (Wildman–Crippen LogP) is 4.40. The van der Waals surface area contributed by atoms with Gasteiger partial charge in [-0.25, -0.2) is 4.98 Å². The van der Waals surface area contributed by atoms with Gasteiger partial charge in [0.2, 0.25) is 5.06 Å². The van der Waals surface area contributed by atoms with Gasteiger partial charge in [0.05, 0.1) is 0 Å². The first-order valence-corrected chi connectivity index (χ1v) is 7.36. The first-order chi connectivity index (χ1) is 10.2. The smallest absolute Gasteiger partial charge is 0.308 e. The molecule has 0 unspecified atom stereocenters. The highest BCUT2D eigenvalue weighted by atomic mass is 32.1. The monoisotopic (exact) mass is 295 g/mol. The van der Waals surface area contributed by atoms with Crippen molar-refractivity contribution in [2.75, 3.05) is 0 Å². The number of hydrogen-bond acceptors (Lipinski definition) is 4. The highest BCUT2D eigenvalue weighted by Gasteiger charge is 2.16. The summed E-state index contributed by atoms with van der Waals surface area (Å²) in [7, 11) is 0. The van der Waals surface area contributed by atoms with E-state index in [1.54, 1.807) is 0 Å². The number of carbonyl (C=O) groups is 1. The molecule has 0 spiro atoms. The van der Waals surface area contributed by atoms with E-state index in [0.29, 0.717) is 10.8 Å². The van der Waals surface area contributed by atoms with E-state index in [2.05, 4.69) is 4.98 Å². The van der Waals surface area contributed by atoms with Crippen molar-refractivity contribution in [1.82, 2.24) is 4.98 Å². The number of carbonyl (C=O) groups excluding carboxylic acids is 1. The van der Waals surface area contributed by atoms with E-state index in [9.17, 15) is 4.79 Å². The zero-order chi connectivity index (χ0) is 14.7. The summed E-state index contributed by atoms with van der Waals surface area (Å²) >= 11 is 1.38. The molecule has 0 atom stereocenters. The summed E-state index contributed by atoms with van der Waals surface area (Å²) in [4.78, 5) is 15.9. The molecular formula is C17H13NO2S. The topological polar surface area (TPSA) is 39.2 Å². The molecule has 3 aromatic rings. The number of hydrogen-bond donors (Lipinski definition) is 0. The number of rotatable bonds is 3. The minimum absolute atomic E-state index is 0.338. The summed E-state index contributed by atoms with van der Waals surface area (Å²) in [5.74, 6) is -0.338. The molecule has 0 aliphatic heterocycles. The summed E-state index contributed by atoms with van der Waals surface area (Å²) in [6.45, 7) is 1.40. The van der Waals surface area contributed by atoms with Crippen LogP contribution < -0.4 is 4.74 Å². The number of aromatic nitrogens is 1. The van der Waals surface area contributed by atoms with Gasteiger partial charge in [-0.2, -0.15) is 0 Å². The molecule has 0 N–H and O–H groups in total. The Labute approximate surface area is 126 Å². The van der Waals surface area contributed by atoms with Crippen molar-refractivity contribution in [1.29, 1.82) is 0 Å². The second-order valence-electron chi connectivity index (χ2n) is 4.48. The van der Waals surface area contributed by atoms with Crippen molar-refractivity contribution in [3.8, 4) is 26.9 Å². The van der Waals surface area contributed by atoms with E-state index in [1.165, 1.54) is 18.3 Å². The summed E-state index contributed by atoms with van der Waals surface area (Å²) in [6, 6.07) is 19.6. The molecule has 3 rings (SSSR count). The van der Waals surface area contributed by atoms with E-state index >= 15 is 0 Å². The number of esters is 1. The lowest BCUT2D eigenvalue weighted by molar-refractivity contribution is -0.131. The maximum absolute atomic E-state index is 11.3. The van der Waals surface area contributed by atoms with E-state index in [4.69, 9.17) is 4.74 Å². The lowest BCUT2D eigenvalue weighted by Crippen LogP contribution is -2.00. The number of nitrogens with zero attached hydrogens (tertiary/aromatic N) is 1. The molecule has 21 heavy (non-hydrogen) atoms. The standard InChI is InChI=1S/C17H13NO2S/c1-12(19)20-17-15(13-8-4-2-5-9-13)18-16(21-17)14-10-6-3-7-11-14/h2-11H,1H3. The Morgan fingerprint density at radius 1 is 0.952 bits per heavy atom. The highest BCUT2D eigenvalue weighted by Crippen LogP contribution is 2.39. The maximum atomic E-state index is 11.3. The van der Waals surface area contributed by atoms with Crippen LogP contribution in [0.4, 0.5) is 0 Å². The Morgan fingerprint density at radius 3 is 2.10 bits per heavy atom. The Balaban J connectivity index is 2.10. The fourth-order valence-corrected chi connectivity index (χ4v) is 2.97. The van der Waals surface area contributed by atoms with Gasteiger partial charge in [0.15, 0.2) is 0 Å². The number of thiazole rings is 1. The molecule has 3 nitrogen and oxygen atoms in total. The molecule has 2 aromatic carbocycles. The zero-order valence-corrected chi connectivity index (χ0v) is 12.3. The molecule has 0 radical (unpaired) electrons. The van der Waals surface area contributed by atoms with Crippen LogP contribution in [-0.4, -0.2) is 11.0 Å². The lowest BCUT2D eigenvalue weighted by Gasteiger charge is -2.00. The van der Waals surface area contributed by atoms with Crippen molar-refractivity contribution >= 4 is 17.3 Å². The van der Waals surface area contributed by atoms with Gasteiger partial charge in [-0.05, 0) is 0 Å². The summed E-state index contributed by atoms with van der Waals surface area (Å²) in [5.41, 5.74) is 2.65. The average Bonchev–Trinajstić information content (AvgIpc) is 2.92. The van der Waals surface area contributed by atoms with Crippen LogP contribution in [0.3, 0.4) is 0 Å². The summed E-state index contributed by atoms with van der Waals surface area (Å²) in [5, 5.41) is 1.37. The van der Waals surface area contributed by atoms with Gasteiger partial charge in [0.1, 0.15) is 10.7 Å². The molecule has 1 heterocycles. The third-order valence-electron chi connectivity index (χ3n) is 2.90. The van der Waals surface area contributed by atoms with Gasteiger partial charge >= 0.3 is 5.97 Å². The van der Waals surface area contributed by atoms with Gasteiger partial charge in [0, 0.05) is 18.1 Å². The molecule has 0 bridgehead atoms. The van der Waals surface area contributed by atoms with Gasteiger partial charge < -0.3 is 4.74 Å². The molecule has 0 fully saturated rings. The molecule has 4 heteroatoms. The molecular weight excluding hydrogens is 282 g/mol. The van der Waals surface area contributed by atoms with Crippen molar-refractivity contribution in [3.05, 3.63) is 60.7 Å². The van der Waals surface area contributed by atoms with Crippen LogP contribution in [0.25, 0.3) is 21.8 Å². The van der Waals surface area contributed by atoms with Crippen LogP contribution >= 0.6 is 11.3 Å².